The lowest BCUT2D eigenvalue weighted by molar-refractivity contribution is -0.105. The minimum Gasteiger partial charge on any atom is -0.493 e. The molecular weight excluding hydrogens is 499 g/mol. The highest BCUT2D eigenvalue weighted by Gasteiger charge is 2.32. The maximum Gasteiger partial charge on any atom is 0.275 e. The Labute approximate surface area is 216 Å². The summed E-state index contributed by atoms with van der Waals surface area (Å²) in [6.45, 7) is 0.317. The molecule has 2 heterocycles. The molecule has 0 N–H and O–H groups in total. The Bertz CT molecular complexity index is 1450. The van der Waals surface area contributed by atoms with E-state index >= 15 is 0 Å². The number of allylic oxidation sites excluding steroid dienone is 4. The number of carbonyl (C=O) groups is 2. The number of alkyl halides is 1. The summed E-state index contributed by atoms with van der Waals surface area (Å²) in [5, 5.41) is 4.41. The van der Waals surface area contributed by atoms with E-state index in [4.69, 9.17) is 9.47 Å². The molecule has 0 radical (unpaired) electrons. The average Bonchev–Trinajstić information content (AvgIpc) is 3.26. The van der Waals surface area contributed by atoms with Crippen molar-refractivity contribution in [3.05, 3.63) is 94.4 Å². The van der Waals surface area contributed by atoms with Gasteiger partial charge in [0, 0.05) is 37.2 Å². The van der Waals surface area contributed by atoms with Crippen LogP contribution in [0.25, 0.3) is 11.3 Å². The standard InChI is InChI=1S/C28H24F3N3O4/c1-33-27-19-12-21(29)22(30)13-25(19)38-16-20(27)26(32-33)28(36)34(14-17-5-3-2-4-6-17)9-10-37-24-8-7-18(15-35)11-23(24)31/h2-8,12-13,15,23H,9-11,14,16H2,1H3. The number of aldehydes is 1. The van der Waals surface area contributed by atoms with Crippen LogP contribution in [-0.2, 0) is 29.7 Å². The van der Waals surface area contributed by atoms with Crippen LogP contribution in [0, 0.1) is 11.6 Å². The van der Waals surface area contributed by atoms with Gasteiger partial charge in [-0.2, -0.15) is 5.10 Å². The van der Waals surface area contributed by atoms with E-state index in [-0.39, 0.29) is 49.9 Å². The van der Waals surface area contributed by atoms with Crippen LogP contribution in [-0.4, -0.2) is 46.2 Å². The van der Waals surface area contributed by atoms with E-state index in [1.807, 2.05) is 30.3 Å². The Morgan fingerprint density at radius 3 is 2.71 bits per heavy atom. The minimum atomic E-state index is -1.44. The van der Waals surface area contributed by atoms with Crippen LogP contribution in [0.2, 0.25) is 0 Å². The number of aryl methyl sites for hydroxylation is 1. The summed E-state index contributed by atoms with van der Waals surface area (Å²) in [6.07, 6.45) is 2.04. The van der Waals surface area contributed by atoms with Crippen molar-refractivity contribution in [2.24, 2.45) is 7.05 Å². The number of ether oxygens (including phenoxy) is 2. The molecule has 0 fully saturated rings. The van der Waals surface area contributed by atoms with Gasteiger partial charge in [-0.15, -0.1) is 0 Å². The number of amides is 1. The van der Waals surface area contributed by atoms with Crippen molar-refractivity contribution in [3.63, 3.8) is 0 Å². The molecule has 3 aromatic rings. The zero-order valence-corrected chi connectivity index (χ0v) is 20.5. The van der Waals surface area contributed by atoms with Crippen LogP contribution in [0.1, 0.15) is 28.0 Å². The molecule has 1 aliphatic carbocycles. The molecule has 0 bridgehead atoms. The second-order valence-corrected chi connectivity index (χ2v) is 9.01. The molecule has 10 heteroatoms. The summed E-state index contributed by atoms with van der Waals surface area (Å²) in [7, 11) is 1.62. The highest BCUT2D eigenvalue weighted by atomic mass is 19.2. The molecule has 2 aliphatic rings. The van der Waals surface area contributed by atoms with Gasteiger partial charge in [-0.3, -0.25) is 14.3 Å². The summed E-state index contributed by atoms with van der Waals surface area (Å²) in [5.41, 5.74) is 2.56. The molecule has 1 aliphatic heterocycles. The second kappa shape index (κ2) is 10.6. The van der Waals surface area contributed by atoms with E-state index < -0.39 is 23.7 Å². The number of halogens is 3. The van der Waals surface area contributed by atoms with Crippen molar-refractivity contribution in [2.75, 3.05) is 13.2 Å². The maximum absolute atomic E-state index is 14.4. The fraction of sp³-hybridized carbons (Fsp3) is 0.250. The molecule has 0 saturated heterocycles. The number of nitrogens with zero attached hydrogens (tertiary/aromatic N) is 3. The third-order valence-electron chi connectivity index (χ3n) is 6.47. The van der Waals surface area contributed by atoms with Crippen molar-refractivity contribution in [1.29, 1.82) is 0 Å². The molecular formula is C28H24F3N3O4. The van der Waals surface area contributed by atoms with Crippen LogP contribution in [0.3, 0.4) is 0 Å². The van der Waals surface area contributed by atoms with Gasteiger partial charge in [-0.25, -0.2) is 13.2 Å². The molecule has 0 saturated carbocycles. The first-order valence-electron chi connectivity index (χ1n) is 12.0. The zero-order chi connectivity index (χ0) is 26.8. The number of hydrogen-bond acceptors (Lipinski definition) is 5. The van der Waals surface area contributed by atoms with Crippen LogP contribution >= 0.6 is 0 Å². The van der Waals surface area contributed by atoms with Crippen LogP contribution in [0.5, 0.6) is 5.75 Å². The van der Waals surface area contributed by atoms with E-state index in [0.29, 0.717) is 28.7 Å². The quantitative estimate of drug-likeness (QED) is 0.402. The zero-order valence-electron chi connectivity index (χ0n) is 20.5. The molecule has 7 nitrogen and oxygen atoms in total. The Morgan fingerprint density at radius 1 is 1.21 bits per heavy atom. The van der Waals surface area contributed by atoms with E-state index in [9.17, 15) is 22.8 Å². The van der Waals surface area contributed by atoms with Crippen LogP contribution < -0.4 is 4.74 Å². The van der Waals surface area contributed by atoms with Gasteiger partial charge < -0.3 is 14.4 Å². The summed E-state index contributed by atoms with van der Waals surface area (Å²) in [4.78, 5) is 26.2. The van der Waals surface area contributed by atoms with Gasteiger partial charge in [-0.05, 0) is 23.3 Å². The van der Waals surface area contributed by atoms with Gasteiger partial charge in [0.25, 0.3) is 5.91 Å². The molecule has 1 amide bonds. The average molecular weight is 524 g/mol. The Balaban J connectivity index is 1.41. The Hall–Kier alpha value is -4.34. The minimum absolute atomic E-state index is 0.00787. The highest BCUT2D eigenvalue weighted by Crippen LogP contribution is 2.40. The smallest absolute Gasteiger partial charge is 0.275 e. The van der Waals surface area contributed by atoms with E-state index in [0.717, 1.165) is 17.7 Å². The topological polar surface area (TPSA) is 73.7 Å². The molecule has 1 aromatic heterocycles. The third-order valence-corrected chi connectivity index (χ3v) is 6.47. The Morgan fingerprint density at radius 2 is 1.97 bits per heavy atom. The summed E-state index contributed by atoms with van der Waals surface area (Å²) < 4.78 is 54.9. The number of fused-ring (bicyclic) bond motifs is 3. The number of aromatic nitrogens is 2. The summed E-state index contributed by atoms with van der Waals surface area (Å²) in [6, 6.07) is 11.3. The van der Waals surface area contributed by atoms with Crippen molar-refractivity contribution in [1.82, 2.24) is 14.7 Å². The number of benzene rings is 2. The fourth-order valence-electron chi connectivity index (χ4n) is 4.57. The van der Waals surface area contributed by atoms with Gasteiger partial charge in [0.2, 0.25) is 0 Å². The van der Waals surface area contributed by atoms with Crippen molar-refractivity contribution in [2.45, 2.75) is 25.7 Å². The summed E-state index contributed by atoms with van der Waals surface area (Å²) in [5.74, 6) is -2.21. The molecule has 5 rings (SSSR count). The van der Waals surface area contributed by atoms with E-state index in [2.05, 4.69) is 5.10 Å². The van der Waals surface area contributed by atoms with Gasteiger partial charge >= 0.3 is 0 Å². The first-order valence-corrected chi connectivity index (χ1v) is 12.0. The molecule has 1 atom stereocenters. The molecule has 0 spiro atoms. The number of hydrogen-bond donors (Lipinski definition) is 0. The van der Waals surface area contributed by atoms with Gasteiger partial charge in [0.1, 0.15) is 31.0 Å². The first kappa shape index (κ1) is 25.3. The molecule has 196 valence electrons. The van der Waals surface area contributed by atoms with Crippen LogP contribution in [0.15, 0.2) is 65.9 Å². The normalized spacial score (nSPS) is 15.9. The monoisotopic (exact) mass is 523 g/mol. The number of rotatable bonds is 8. The fourth-order valence-corrected chi connectivity index (χ4v) is 4.57. The lowest BCUT2D eigenvalue weighted by Gasteiger charge is -2.25. The lowest BCUT2D eigenvalue weighted by atomic mass is 10.0. The Kier molecular flexibility index (Phi) is 7.04. The first-order chi connectivity index (χ1) is 18.4. The maximum atomic E-state index is 14.4. The molecule has 38 heavy (non-hydrogen) atoms. The van der Waals surface area contributed by atoms with E-state index in [1.165, 1.54) is 21.7 Å². The number of carbonyl (C=O) groups excluding carboxylic acids is 2. The van der Waals surface area contributed by atoms with Crippen molar-refractivity contribution < 1.29 is 32.2 Å². The predicted molar refractivity (Wildman–Crippen MR) is 132 cm³/mol. The van der Waals surface area contributed by atoms with E-state index in [1.54, 1.807) is 7.05 Å². The highest BCUT2D eigenvalue weighted by molar-refractivity contribution is 5.96. The van der Waals surface area contributed by atoms with Crippen molar-refractivity contribution in [3.8, 4) is 17.0 Å². The second-order valence-electron chi connectivity index (χ2n) is 9.01. The predicted octanol–water partition coefficient (Wildman–Crippen LogP) is 4.67. The van der Waals surface area contributed by atoms with Gasteiger partial charge in [-0.1, -0.05) is 36.4 Å². The largest absolute Gasteiger partial charge is 0.493 e. The lowest BCUT2D eigenvalue weighted by Crippen LogP contribution is -2.35. The summed E-state index contributed by atoms with van der Waals surface area (Å²) >= 11 is 0. The van der Waals surface area contributed by atoms with Crippen LogP contribution in [0.4, 0.5) is 13.2 Å². The SMILES string of the molecule is Cn1nc(C(=O)N(CCOC2=CC=C(C=O)CC2F)Cc2ccccc2)c2c1-c1cc(F)c(F)cc1OC2. The third kappa shape index (κ3) is 4.93. The molecule has 1 unspecified atom stereocenters. The van der Waals surface area contributed by atoms with Crippen molar-refractivity contribution >= 4 is 12.2 Å². The van der Waals surface area contributed by atoms with Gasteiger partial charge in [0.05, 0.1) is 12.2 Å². The van der Waals surface area contributed by atoms with Gasteiger partial charge in [0.15, 0.2) is 23.5 Å². The molecule has 2 aromatic carbocycles.